The van der Waals surface area contributed by atoms with E-state index in [0.717, 1.165) is 37.9 Å². The number of fused-ring (bicyclic) bond motifs is 1. The topological polar surface area (TPSA) is 50.5 Å². The van der Waals surface area contributed by atoms with Crippen LogP contribution in [0, 0.1) is 13.8 Å². The molecule has 0 aliphatic carbocycles. The minimum absolute atomic E-state index is 0.144. The van der Waals surface area contributed by atoms with E-state index >= 15 is 0 Å². The highest BCUT2D eigenvalue weighted by Gasteiger charge is 2.13. The molecular weight excluding hydrogens is 428 g/mol. The average molecular weight is 451 g/mol. The van der Waals surface area contributed by atoms with Crippen molar-refractivity contribution in [3.05, 3.63) is 118 Å². The zero-order chi connectivity index (χ0) is 22.8. The molecule has 3 aromatic carbocycles. The number of aryl methyl sites for hydroxylation is 2. The van der Waals surface area contributed by atoms with Crippen LogP contribution in [0.1, 0.15) is 16.0 Å². The summed E-state index contributed by atoms with van der Waals surface area (Å²) in [6.07, 6.45) is 3.17. The molecule has 5 rings (SSSR count). The number of para-hydroxylation sites is 2. The van der Waals surface area contributed by atoms with E-state index in [1.807, 2.05) is 62.4 Å². The molecule has 33 heavy (non-hydrogen) atoms. The molecule has 0 bridgehead atoms. The Bertz CT molecular complexity index is 1450. The maximum Gasteiger partial charge on any atom is 0.282 e. The second-order valence-corrected chi connectivity index (χ2v) is 8.90. The Hall–Kier alpha value is -4.03. The molecule has 0 fully saturated rings. The molecule has 2 aromatic heterocycles. The fraction of sp³-hybridized carbons (Fsp3) is 0.0741. The Balaban J connectivity index is 1.46. The van der Waals surface area contributed by atoms with Crippen molar-refractivity contribution in [1.29, 1.82) is 0 Å². The summed E-state index contributed by atoms with van der Waals surface area (Å²) in [6.45, 7) is 3.96. The molecule has 0 aliphatic heterocycles. The first-order valence-electron chi connectivity index (χ1n) is 10.6. The van der Waals surface area contributed by atoms with Gasteiger partial charge in [-0.15, -0.1) is 11.3 Å². The van der Waals surface area contributed by atoms with Gasteiger partial charge in [0.25, 0.3) is 5.56 Å². The van der Waals surface area contributed by atoms with Crippen molar-refractivity contribution in [2.24, 2.45) is 5.10 Å². The van der Waals surface area contributed by atoms with Gasteiger partial charge in [0.2, 0.25) is 0 Å². The van der Waals surface area contributed by atoms with Crippen LogP contribution in [0.5, 0.6) is 0 Å². The Kier molecular flexibility index (Phi) is 5.59. The Morgan fingerprint density at radius 3 is 2.03 bits per heavy atom. The number of aromatic nitrogens is 2. The molecule has 6 heteroatoms. The highest BCUT2D eigenvalue weighted by Crippen LogP contribution is 2.34. The van der Waals surface area contributed by atoms with Crippen molar-refractivity contribution >= 4 is 44.8 Å². The summed E-state index contributed by atoms with van der Waals surface area (Å²) < 4.78 is 1.30. The van der Waals surface area contributed by atoms with E-state index < -0.39 is 0 Å². The predicted molar refractivity (Wildman–Crippen MR) is 137 cm³/mol. The van der Waals surface area contributed by atoms with Gasteiger partial charge in [-0.05, 0) is 61.4 Å². The van der Waals surface area contributed by atoms with Gasteiger partial charge in [-0.3, -0.25) is 4.79 Å². The van der Waals surface area contributed by atoms with E-state index in [1.165, 1.54) is 22.3 Å². The number of benzene rings is 3. The van der Waals surface area contributed by atoms with Crippen LogP contribution < -0.4 is 10.5 Å². The Labute approximate surface area is 195 Å². The van der Waals surface area contributed by atoms with Crippen molar-refractivity contribution < 1.29 is 0 Å². The van der Waals surface area contributed by atoms with Crippen LogP contribution in [0.15, 0.2) is 101 Å². The highest BCUT2D eigenvalue weighted by atomic mass is 32.1. The zero-order valence-corrected chi connectivity index (χ0v) is 19.2. The van der Waals surface area contributed by atoms with Crippen molar-refractivity contribution in [2.45, 2.75) is 13.8 Å². The van der Waals surface area contributed by atoms with Crippen LogP contribution in [-0.2, 0) is 0 Å². The SMILES string of the molecule is Cc1sc2ncn(/N=C\c3ccc(N(c4ccccc4)c4ccccc4)cc3)c(=O)c2c1C. The molecule has 0 unspecified atom stereocenters. The maximum atomic E-state index is 12.9. The van der Waals surface area contributed by atoms with Crippen molar-refractivity contribution in [3.63, 3.8) is 0 Å². The number of hydrogen-bond acceptors (Lipinski definition) is 5. The molecule has 2 heterocycles. The Morgan fingerprint density at radius 1 is 0.848 bits per heavy atom. The normalized spacial score (nSPS) is 11.3. The van der Waals surface area contributed by atoms with Crippen LogP contribution in [0.25, 0.3) is 10.2 Å². The first-order valence-corrected chi connectivity index (χ1v) is 11.5. The lowest BCUT2D eigenvalue weighted by atomic mass is 10.1. The monoisotopic (exact) mass is 450 g/mol. The second kappa shape index (κ2) is 8.84. The van der Waals surface area contributed by atoms with Crippen LogP contribution in [0.2, 0.25) is 0 Å². The number of rotatable bonds is 5. The summed E-state index contributed by atoms with van der Waals surface area (Å²) in [7, 11) is 0. The smallest absolute Gasteiger partial charge is 0.282 e. The quantitative estimate of drug-likeness (QED) is 0.290. The van der Waals surface area contributed by atoms with Crippen molar-refractivity contribution in [1.82, 2.24) is 9.66 Å². The maximum absolute atomic E-state index is 12.9. The van der Waals surface area contributed by atoms with Gasteiger partial charge < -0.3 is 4.90 Å². The summed E-state index contributed by atoms with van der Waals surface area (Å²) in [6, 6.07) is 28.6. The minimum Gasteiger partial charge on any atom is -0.311 e. The number of hydrogen-bond donors (Lipinski definition) is 0. The molecule has 0 aliphatic rings. The van der Waals surface area contributed by atoms with E-state index in [9.17, 15) is 4.79 Å². The lowest BCUT2D eigenvalue weighted by molar-refractivity contribution is 0.818. The van der Waals surface area contributed by atoms with E-state index in [4.69, 9.17) is 0 Å². The van der Waals surface area contributed by atoms with E-state index in [0.29, 0.717) is 5.39 Å². The molecule has 0 N–H and O–H groups in total. The zero-order valence-electron chi connectivity index (χ0n) is 18.3. The molecule has 0 radical (unpaired) electrons. The summed E-state index contributed by atoms with van der Waals surface area (Å²) >= 11 is 1.54. The fourth-order valence-electron chi connectivity index (χ4n) is 3.75. The first kappa shape index (κ1) is 20.8. The van der Waals surface area contributed by atoms with Gasteiger partial charge in [0, 0.05) is 21.9 Å². The van der Waals surface area contributed by atoms with E-state index in [-0.39, 0.29) is 5.56 Å². The molecule has 0 spiro atoms. The van der Waals surface area contributed by atoms with Gasteiger partial charge in [-0.25, -0.2) is 4.98 Å². The summed E-state index contributed by atoms with van der Waals surface area (Å²) in [5.41, 5.74) is 4.92. The average Bonchev–Trinajstić information content (AvgIpc) is 3.15. The lowest BCUT2D eigenvalue weighted by Crippen LogP contribution is -2.17. The molecule has 0 saturated carbocycles. The Morgan fingerprint density at radius 2 is 1.42 bits per heavy atom. The minimum atomic E-state index is -0.144. The third kappa shape index (κ3) is 4.08. The number of nitrogens with zero attached hydrogens (tertiary/aromatic N) is 4. The summed E-state index contributed by atoms with van der Waals surface area (Å²) in [5, 5.41) is 5.02. The van der Waals surface area contributed by atoms with Gasteiger partial charge >= 0.3 is 0 Å². The van der Waals surface area contributed by atoms with E-state index in [1.54, 1.807) is 6.21 Å². The molecule has 0 saturated heterocycles. The molecule has 162 valence electrons. The third-order valence-electron chi connectivity index (χ3n) is 5.58. The predicted octanol–water partition coefficient (Wildman–Crippen LogP) is 6.43. The molecule has 5 nitrogen and oxygen atoms in total. The van der Waals surface area contributed by atoms with Crippen LogP contribution in [0.4, 0.5) is 17.1 Å². The van der Waals surface area contributed by atoms with Crippen molar-refractivity contribution in [2.75, 3.05) is 4.90 Å². The molecule has 0 amide bonds. The summed E-state index contributed by atoms with van der Waals surface area (Å²) in [5.74, 6) is 0. The van der Waals surface area contributed by atoms with Gasteiger partial charge in [0.05, 0.1) is 11.6 Å². The molecule has 5 aromatic rings. The van der Waals surface area contributed by atoms with Crippen molar-refractivity contribution in [3.8, 4) is 0 Å². The van der Waals surface area contributed by atoms with Gasteiger partial charge in [0.1, 0.15) is 11.2 Å². The first-order chi connectivity index (χ1) is 16.1. The summed E-state index contributed by atoms with van der Waals surface area (Å²) in [4.78, 5) is 21.3. The molecule has 0 atom stereocenters. The highest BCUT2D eigenvalue weighted by molar-refractivity contribution is 7.18. The van der Waals surface area contributed by atoms with Crippen LogP contribution in [0.3, 0.4) is 0 Å². The lowest BCUT2D eigenvalue weighted by Gasteiger charge is -2.25. The number of anilines is 3. The van der Waals surface area contributed by atoms with E-state index in [2.05, 4.69) is 51.4 Å². The standard InChI is InChI=1S/C27H22N4OS/c1-19-20(2)33-26-25(19)27(32)30(18-28-26)29-17-21-13-15-24(16-14-21)31(22-9-5-3-6-10-22)23-11-7-4-8-12-23/h3-18H,1-2H3/b29-17-. The van der Waals surface area contributed by atoms with Crippen LogP contribution in [-0.4, -0.2) is 15.9 Å². The van der Waals surface area contributed by atoms with Gasteiger partial charge in [0.15, 0.2) is 0 Å². The third-order valence-corrected chi connectivity index (χ3v) is 6.70. The number of thiophene rings is 1. The second-order valence-electron chi connectivity index (χ2n) is 7.70. The largest absolute Gasteiger partial charge is 0.311 e. The van der Waals surface area contributed by atoms with Gasteiger partial charge in [-0.2, -0.15) is 9.78 Å². The van der Waals surface area contributed by atoms with Gasteiger partial charge in [-0.1, -0.05) is 48.5 Å². The van der Waals surface area contributed by atoms with Crippen LogP contribution >= 0.6 is 11.3 Å². The molecular formula is C27H22N4OS. The fourth-order valence-corrected chi connectivity index (χ4v) is 4.74.